The highest BCUT2D eigenvalue weighted by Crippen LogP contribution is 2.33. The van der Waals surface area contributed by atoms with Gasteiger partial charge in [-0.05, 0) is 17.7 Å². The van der Waals surface area contributed by atoms with E-state index in [-0.39, 0.29) is 22.1 Å². The Morgan fingerprint density at radius 3 is 2.59 bits per heavy atom. The normalized spacial score (nSPS) is 10.6. The molecule has 2 aromatic carbocycles. The minimum absolute atomic E-state index is 0.0990. The Kier molecular flexibility index (Phi) is 4.75. The quantitative estimate of drug-likeness (QED) is 0.390. The molecule has 0 aliphatic rings. The molecule has 0 aromatic heterocycles. The van der Waals surface area contributed by atoms with E-state index in [1.807, 2.05) is 30.3 Å². The van der Waals surface area contributed by atoms with Gasteiger partial charge in [-0.2, -0.15) is 0 Å². The first kappa shape index (κ1) is 15.5. The number of nitro benzene ring substituents is 1. The van der Waals surface area contributed by atoms with Crippen LogP contribution in [-0.4, -0.2) is 10.8 Å². The molecule has 0 heterocycles. The van der Waals surface area contributed by atoms with Crippen molar-refractivity contribution in [1.82, 2.24) is 0 Å². The SMILES string of the molecule is Nc1c(NC(=O)/C=C/c2ccccc2)cc(Cl)cc1[N+](=O)[O-]. The van der Waals surface area contributed by atoms with E-state index in [4.69, 9.17) is 17.3 Å². The second kappa shape index (κ2) is 6.73. The maximum atomic E-state index is 11.9. The van der Waals surface area contributed by atoms with Gasteiger partial charge in [0.1, 0.15) is 5.69 Å². The lowest BCUT2D eigenvalue weighted by Crippen LogP contribution is -2.10. The fourth-order valence-electron chi connectivity index (χ4n) is 1.77. The first-order valence-electron chi connectivity index (χ1n) is 6.25. The predicted molar refractivity (Wildman–Crippen MR) is 86.6 cm³/mol. The van der Waals surface area contributed by atoms with Gasteiger partial charge in [0.25, 0.3) is 5.69 Å². The largest absolute Gasteiger partial charge is 0.391 e. The van der Waals surface area contributed by atoms with Crippen LogP contribution in [0.1, 0.15) is 5.56 Å². The second-order valence-electron chi connectivity index (χ2n) is 4.38. The molecule has 0 spiro atoms. The summed E-state index contributed by atoms with van der Waals surface area (Å²) in [5.74, 6) is -0.466. The number of nitro groups is 1. The van der Waals surface area contributed by atoms with Crippen LogP contribution in [0.3, 0.4) is 0 Å². The number of nitrogen functional groups attached to an aromatic ring is 1. The highest BCUT2D eigenvalue weighted by molar-refractivity contribution is 6.31. The fourth-order valence-corrected chi connectivity index (χ4v) is 1.98. The molecule has 7 heteroatoms. The number of anilines is 2. The van der Waals surface area contributed by atoms with Crippen LogP contribution in [-0.2, 0) is 4.79 Å². The zero-order valence-corrected chi connectivity index (χ0v) is 12.1. The summed E-state index contributed by atoms with van der Waals surface area (Å²) in [5.41, 5.74) is 6.12. The van der Waals surface area contributed by atoms with Crippen molar-refractivity contribution < 1.29 is 9.72 Å². The van der Waals surface area contributed by atoms with Crippen molar-refractivity contribution in [3.8, 4) is 0 Å². The van der Waals surface area contributed by atoms with Crippen molar-refractivity contribution in [2.75, 3.05) is 11.1 Å². The maximum Gasteiger partial charge on any atom is 0.295 e. The van der Waals surface area contributed by atoms with Gasteiger partial charge in [-0.3, -0.25) is 14.9 Å². The lowest BCUT2D eigenvalue weighted by atomic mass is 10.2. The molecule has 0 fully saturated rings. The van der Waals surface area contributed by atoms with E-state index in [1.54, 1.807) is 6.08 Å². The summed E-state index contributed by atoms with van der Waals surface area (Å²) in [6.45, 7) is 0. The van der Waals surface area contributed by atoms with Gasteiger partial charge in [-0.15, -0.1) is 0 Å². The predicted octanol–water partition coefficient (Wildman–Crippen LogP) is 3.48. The second-order valence-corrected chi connectivity index (χ2v) is 4.81. The van der Waals surface area contributed by atoms with Gasteiger partial charge in [0.05, 0.1) is 10.6 Å². The third kappa shape index (κ3) is 3.83. The molecule has 112 valence electrons. The molecule has 1 amide bonds. The standard InChI is InChI=1S/C15H12ClN3O3/c16-11-8-12(15(17)13(9-11)19(21)22)18-14(20)7-6-10-4-2-1-3-5-10/h1-9H,17H2,(H,18,20)/b7-6+. The van der Waals surface area contributed by atoms with Gasteiger partial charge in [0.2, 0.25) is 5.91 Å². The molecule has 0 bridgehead atoms. The summed E-state index contributed by atoms with van der Waals surface area (Å²) in [7, 11) is 0. The van der Waals surface area contributed by atoms with E-state index in [0.717, 1.165) is 11.6 Å². The summed E-state index contributed by atoms with van der Waals surface area (Å²) in [6.07, 6.45) is 2.92. The molecule has 0 aliphatic heterocycles. The molecule has 3 N–H and O–H groups in total. The number of carbonyl (C=O) groups is 1. The van der Waals surface area contributed by atoms with Gasteiger partial charge in [0.15, 0.2) is 0 Å². The Morgan fingerprint density at radius 1 is 1.27 bits per heavy atom. The third-order valence-electron chi connectivity index (χ3n) is 2.80. The van der Waals surface area contributed by atoms with E-state index < -0.39 is 10.8 Å². The Bertz CT molecular complexity index is 745. The van der Waals surface area contributed by atoms with Crippen molar-refractivity contribution in [3.05, 3.63) is 69.2 Å². The Morgan fingerprint density at radius 2 is 1.95 bits per heavy atom. The van der Waals surface area contributed by atoms with Crippen LogP contribution in [0.5, 0.6) is 0 Å². The van der Waals surface area contributed by atoms with E-state index in [0.29, 0.717) is 0 Å². The fraction of sp³-hybridized carbons (Fsp3) is 0. The average molecular weight is 318 g/mol. The molecule has 0 saturated heterocycles. The number of hydrogen-bond donors (Lipinski definition) is 2. The first-order valence-corrected chi connectivity index (χ1v) is 6.62. The van der Waals surface area contributed by atoms with E-state index in [9.17, 15) is 14.9 Å². The molecule has 0 atom stereocenters. The zero-order valence-electron chi connectivity index (χ0n) is 11.3. The number of amides is 1. The summed E-state index contributed by atoms with van der Waals surface area (Å²) >= 11 is 5.79. The van der Waals surface area contributed by atoms with Crippen molar-refractivity contribution >= 4 is 40.6 Å². The van der Waals surface area contributed by atoms with Gasteiger partial charge in [-0.1, -0.05) is 41.9 Å². The average Bonchev–Trinajstić information content (AvgIpc) is 2.49. The van der Waals surface area contributed by atoms with Crippen LogP contribution in [0, 0.1) is 10.1 Å². The van der Waals surface area contributed by atoms with Crippen LogP contribution in [0.25, 0.3) is 6.08 Å². The minimum atomic E-state index is -0.656. The molecular formula is C15H12ClN3O3. The van der Waals surface area contributed by atoms with Gasteiger partial charge < -0.3 is 11.1 Å². The zero-order chi connectivity index (χ0) is 16.1. The molecule has 0 aliphatic carbocycles. The molecule has 2 rings (SSSR count). The van der Waals surface area contributed by atoms with Crippen LogP contribution in [0.15, 0.2) is 48.5 Å². The first-order chi connectivity index (χ1) is 10.5. The number of nitrogens with two attached hydrogens (primary N) is 1. The van der Waals surface area contributed by atoms with E-state index >= 15 is 0 Å². The Balaban J connectivity index is 2.18. The third-order valence-corrected chi connectivity index (χ3v) is 3.02. The van der Waals surface area contributed by atoms with Gasteiger partial charge in [0, 0.05) is 17.2 Å². The van der Waals surface area contributed by atoms with Crippen molar-refractivity contribution in [1.29, 1.82) is 0 Å². The number of hydrogen-bond acceptors (Lipinski definition) is 4. The van der Waals surface area contributed by atoms with Gasteiger partial charge in [-0.25, -0.2) is 0 Å². The smallest absolute Gasteiger partial charge is 0.295 e. The molecule has 22 heavy (non-hydrogen) atoms. The monoisotopic (exact) mass is 317 g/mol. The van der Waals surface area contributed by atoms with E-state index in [1.165, 1.54) is 12.1 Å². The minimum Gasteiger partial charge on any atom is -0.391 e. The number of carbonyl (C=O) groups excluding carboxylic acids is 1. The molecule has 0 unspecified atom stereocenters. The maximum absolute atomic E-state index is 11.9. The summed E-state index contributed by atoms with van der Waals surface area (Å²) in [4.78, 5) is 22.1. The number of halogens is 1. The summed E-state index contributed by atoms with van der Waals surface area (Å²) in [6, 6.07) is 11.7. The number of rotatable bonds is 4. The van der Waals surface area contributed by atoms with Crippen LogP contribution < -0.4 is 11.1 Å². The summed E-state index contributed by atoms with van der Waals surface area (Å²) in [5, 5.41) is 13.5. The van der Waals surface area contributed by atoms with Crippen molar-refractivity contribution in [3.63, 3.8) is 0 Å². The van der Waals surface area contributed by atoms with Crippen LogP contribution >= 0.6 is 11.6 Å². The van der Waals surface area contributed by atoms with Crippen LogP contribution in [0.2, 0.25) is 5.02 Å². The molecule has 6 nitrogen and oxygen atoms in total. The van der Waals surface area contributed by atoms with Crippen molar-refractivity contribution in [2.45, 2.75) is 0 Å². The van der Waals surface area contributed by atoms with Crippen molar-refractivity contribution in [2.24, 2.45) is 0 Å². The molecule has 2 aromatic rings. The molecule has 0 saturated carbocycles. The molecule has 0 radical (unpaired) electrons. The summed E-state index contributed by atoms with van der Waals surface area (Å²) < 4.78 is 0. The lowest BCUT2D eigenvalue weighted by molar-refractivity contribution is -0.383. The van der Waals surface area contributed by atoms with Crippen LogP contribution in [0.4, 0.5) is 17.1 Å². The molecular weight excluding hydrogens is 306 g/mol. The Labute approximate surface area is 131 Å². The Hall–Kier alpha value is -2.86. The highest BCUT2D eigenvalue weighted by atomic mass is 35.5. The van der Waals surface area contributed by atoms with Gasteiger partial charge >= 0.3 is 0 Å². The van der Waals surface area contributed by atoms with E-state index in [2.05, 4.69) is 5.32 Å². The lowest BCUT2D eigenvalue weighted by Gasteiger charge is -2.07. The topological polar surface area (TPSA) is 98.3 Å². The number of benzene rings is 2. The highest BCUT2D eigenvalue weighted by Gasteiger charge is 2.17. The number of nitrogens with one attached hydrogen (secondary N) is 1. The number of nitrogens with zero attached hydrogens (tertiary/aromatic N) is 1.